The number of halogens is 6. The molecule has 0 heterocycles. The number of ether oxygens (including phenoxy) is 2. The Bertz CT molecular complexity index is 413. The third-order valence-corrected chi connectivity index (χ3v) is 2.47. The lowest BCUT2D eigenvalue weighted by Crippen LogP contribution is -2.18. The van der Waals surface area contributed by atoms with E-state index in [2.05, 4.69) is 4.74 Å². The molecule has 1 aromatic carbocycles. The third kappa shape index (κ3) is 5.92. The van der Waals surface area contributed by atoms with E-state index in [1.807, 2.05) is 0 Å². The van der Waals surface area contributed by atoms with Gasteiger partial charge in [-0.3, -0.25) is 0 Å². The maximum Gasteiger partial charge on any atom is 0.411 e. The first kappa shape index (κ1) is 17.0. The molecule has 114 valence electrons. The van der Waals surface area contributed by atoms with Gasteiger partial charge in [0.2, 0.25) is 0 Å². The number of hydrogen-bond acceptors (Lipinski definition) is 2. The second kappa shape index (κ2) is 7.64. The molecule has 0 N–H and O–H groups in total. The highest BCUT2D eigenvalue weighted by atomic mass is 35.5. The van der Waals surface area contributed by atoms with Gasteiger partial charge in [0.15, 0.2) is 17.4 Å². The summed E-state index contributed by atoms with van der Waals surface area (Å²) in [5.41, 5.74) is 0.266. The average molecular weight is 319 g/mol. The van der Waals surface area contributed by atoms with Crippen LogP contribution in [0.25, 0.3) is 0 Å². The highest BCUT2D eigenvalue weighted by Gasteiger charge is 2.27. The lowest BCUT2D eigenvalue weighted by molar-refractivity contribution is -0.174. The van der Waals surface area contributed by atoms with Crippen molar-refractivity contribution in [1.29, 1.82) is 0 Å². The van der Waals surface area contributed by atoms with E-state index in [9.17, 15) is 22.0 Å². The minimum Gasteiger partial charge on any atom is -0.488 e. The molecule has 8 heteroatoms. The van der Waals surface area contributed by atoms with Crippen LogP contribution in [0.5, 0.6) is 5.75 Å². The van der Waals surface area contributed by atoms with Crippen LogP contribution in [0.4, 0.5) is 22.0 Å². The number of alkyl halides is 4. The lowest BCUT2D eigenvalue weighted by Gasteiger charge is -2.10. The van der Waals surface area contributed by atoms with Crippen LogP contribution in [0.3, 0.4) is 0 Å². The molecule has 0 spiro atoms. The van der Waals surface area contributed by atoms with Gasteiger partial charge in [0.05, 0.1) is 13.2 Å². The number of rotatable bonds is 7. The van der Waals surface area contributed by atoms with Crippen molar-refractivity contribution in [3.05, 3.63) is 29.3 Å². The molecule has 0 aliphatic carbocycles. The van der Waals surface area contributed by atoms with Crippen LogP contribution in [-0.2, 0) is 10.6 Å². The Hall–Kier alpha value is -1.08. The first-order valence-electron chi connectivity index (χ1n) is 5.64. The predicted molar refractivity (Wildman–Crippen MR) is 62.9 cm³/mol. The van der Waals surface area contributed by atoms with Gasteiger partial charge in [-0.2, -0.15) is 13.2 Å². The van der Waals surface area contributed by atoms with Gasteiger partial charge in [0.1, 0.15) is 6.61 Å². The maximum atomic E-state index is 13.4. The summed E-state index contributed by atoms with van der Waals surface area (Å²) in [6.45, 7) is -1.74. The van der Waals surface area contributed by atoms with Crippen LogP contribution in [0, 0.1) is 11.6 Å². The van der Waals surface area contributed by atoms with Crippen LogP contribution in [0.2, 0.25) is 0 Å². The number of benzene rings is 1. The molecule has 2 nitrogen and oxygen atoms in total. The van der Waals surface area contributed by atoms with Crippen molar-refractivity contribution in [2.45, 2.75) is 18.5 Å². The summed E-state index contributed by atoms with van der Waals surface area (Å²) < 4.78 is 71.2. The second-order valence-electron chi connectivity index (χ2n) is 3.89. The highest BCUT2D eigenvalue weighted by Crippen LogP contribution is 2.24. The van der Waals surface area contributed by atoms with E-state index in [4.69, 9.17) is 16.3 Å². The second-order valence-corrected chi connectivity index (χ2v) is 4.16. The Morgan fingerprint density at radius 1 is 1.05 bits per heavy atom. The summed E-state index contributed by atoms with van der Waals surface area (Å²) in [5, 5.41) is 0. The van der Waals surface area contributed by atoms with E-state index >= 15 is 0 Å². The molecule has 0 aromatic heterocycles. The average Bonchev–Trinajstić information content (AvgIpc) is 2.34. The summed E-state index contributed by atoms with van der Waals surface area (Å²) in [6.07, 6.45) is -4.32. The molecule has 0 fully saturated rings. The molecule has 0 atom stereocenters. The van der Waals surface area contributed by atoms with E-state index in [0.717, 1.165) is 12.1 Å². The van der Waals surface area contributed by atoms with E-state index < -0.39 is 30.2 Å². The molecular weight excluding hydrogens is 307 g/mol. The normalized spacial score (nSPS) is 11.7. The van der Waals surface area contributed by atoms with Crippen molar-refractivity contribution in [3.8, 4) is 5.75 Å². The van der Waals surface area contributed by atoms with Gasteiger partial charge in [-0.1, -0.05) is 0 Å². The van der Waals surface area contributed by atoms with E-state index in [-0.39, 0.29) is 31.1 Å². The smallest absolute Gasteiger partial charge is 0.411 e. The summed E-state index contributed by atoms with van der Waals surface area (Å²) in [6, 6.07) is 2.07. The zero-order chi connectivity index (χ0) is 15.2. The van der Waals surface area contributed by atoms with Crippen molar-refractivity contribution in [2.75, 3.05) is 19.8 Å². The van der Waals surface area contributed by atoms with Crippen molar-refractivity contribution in [3.63, 3.8) is 0 Å². The van der Waals surface area contributed by atoms with Gasteiger partial charge < -0.3 is 9.47 Å². The SMILES string of the molecule is Fc1cc(CCl)cc(F)c1OCCCOCC(F)(F)F. The fourth-order valence-corrected chi connectivity index (χ4v) is 1.50. The topological polar surface area (TPSA) is 18.5 Å². The Labute approximate surface area is 117 Å². The first-order valence-corrected chi connectivity index (χ1v) is 6.18. The van der Waals surface area contributed by atoms with Gasteiger partial charge in [-0.15, -0.1) is 11.6 Å². The molecule has 0 radical (unpaired) electrons. The maximum absolute atomic E-state index is 13.4. The van der Waals surface area contributed by atoms with Gasteiger partial charge >= 0.3 is 6.18 Å². The molecule has 0 bridgehead atoms. The predicted octanol–water partition coefficient (Wildman–Crippen LogP) is 4.05. The molecule has 20 heavy (non-hydrogen) atoms. The molecule has 0 unspecified atom stereocenters. The van der Waals surface area contributed by atoms with E-state index in [1.54, 1.807) is 0 Å². The Kier molecular flexibility index (Phi) is 6.48. The Balaban J connectivity index is 2.36. The summed E-state index contributed by atoms with van der Waals surface area (Å²) in [7, 11) is 0. The van der Waals surface area contributed by atoms with Crippen LogP contribution < -0.4 is 4.74 Å². The van der Waals surface area contributed by atoms with E-state index in [1.165, 1.54) is 0 Å². The van der Waals surface area contributed by atoms with Crippen molar-refractivity contribution < 1.29 is 31.4 Å². The van der Waals surface area contributed by atoms with Crippen molar-refractivity contribution in [2.24, 2.45) is 0 Å². The largest absolute Gasteiger partial charge is 0.488 e. The minimum atomic E-state index is -4.39. The summed E-state index contributed by atoms with van der Waals surface area (Å²) in [4.78, 5) is 0. The Morgan fingerprint density at radius 3 is 2.15 bits per heavy atom. The Morgan fingerprint density at radius 2 is 1.65 bits per heavy atom. The molecular formula is C12H12ClF5O2. The van der Waals surface area contributed by atoms with Gasteiger partial charge in [0.25, 0.3) is 0 Å². The summed E-state index contributed by atoms with van der Waals surface area (Å²) in [5.74, 6) is -2.43. The van der Waals surface area contributed by atoms with Crippen molar-refractivity contribution in [1.82, 2.24) is 0 Å². The summed E-state index contributed by atoms with van der Waals surface area (Å²) >= 11 is 5.44. The highest BCUT2D eigenvalue weighted by molar-refractivity contribution is 6.17. The van der Waals surface area contributed by atoms with Crippen LogP contribution in [-0.4, -0.2) is 26.0 Å². The lowest BCUT2D eigenvalue weighted by atomic mass is 10.2. The third-order valence-electron chi connectivity index (χ3n) is 2.16. The molecule has 0 aliphatic rings. The zero-order valence-corrected chi connectivity index (χ0v) is 11.0. The molecule has 1 rings (SSSR count). The fraction of sp³-hybridized carbons (Fsp3) is 0.500. The zero-order valence-electron chi connectivity index (χ0n) is 10.3. The van der Waals surface area contributed by atoms with Gasteiger partial charge in [-0.05, 0) is 17.7 Å². The van der Waals surface area contributed by atoms with E-state index in [0.29, 0.717) is 0 Å². The first-order chi connectivity index (χ1) is 9.33. The molecule has 0 saturated carbocycles. The van der Waals surface area contributed by atoms with Gasteiger partial charge in [0, 0.05) is 12.3 Å². The number of hydrogen-bond donors (Lipinski definition) is 0. The van der Waals surface area contributed by atoms with Crippen molar-refractivity contribution >= 4 is 11.6 Å². The fourth-order valence-electron chi connectivity index (χ4n) is 1.35. The monoisotopic (exact) mass is 318 g/mol. The van der Waals surface area contributed by atoms with Crippen LogP contribution >= 0.6 is 11.6 Å². The van der Waals surface area contributed by atoms with Gasteiger partial charge in [-0.25, -0.2) is 8.78 Å². The van der Waals surface area contributed by atoms with Crippen LogP contribution in [0.1, 0.15) is 12.0 Å². The standard InChI is InChI=1S/C12H12ClF5O2/c13-6-8-4-9(14)11(10(15)5-8)20-3-1-2-19-7-12(16,17)18/h4-5H,1-3,6-7H2. The molecule has 0 aliphatic heterocycles. The van der Waals surface area contributed by atoms with Crippen LogP contribution in [0.15, 0.2) is 12.1 Å². The quantitative estimate of drug-likeness (QED) is 0.429. The molecule has 0 saturated heterocycles. The minimum absolute atomic E-state index is 0.0423. The molecule has 0 amide bonds. The molecule has 1 aromatic rings.